The second-order valence-electron chi connectivity index (χ2n) is 7.68. The molecule has 1 heterocycles. The minimum Gasteiger partial charge on any atom is -0.496 e. The normalized spacial score (nSPS) is 20.2. The Balaban J connectivity index is 2.04. The summed E-state index contributed by atoms with van der Waals surface area (Å²) in [7, 11) is 7.82. The molecular weight excluding hydrogens is 330 g/mol. The first kappa shape index (κ1) is 20.7. The van der Waals surface area contributed by atoms with Crippen LogP contribution in [0.1, 0.15) is 15.9 Å². The van der Waals surface area contributed by atoms with Crippen LogP contribution in [0.3, 0.4) is 0 Å². The van der Waals surface area contributed by atoms with E-state index in [1.807, 2.05) is 30.0 Å². The van der Waals surface area contributed by atoms with E-state index in [2.05, 4.69) is 30.9 Å². The van der Waals surface area contributed by atoms with Gasteiger partial charge < -0.3 is 24.5 Å². The van der Waals surface area contributed by atoms with Crippen molar-refractivity contribution in [3.63, 3.8) is 0 Å². The predicted octanol–water partition coefficient (Wildman–Crippen LogP) is 1.18. The number of hydrogen-bond donors (Lipinski definition) is 1. The van der Waals surface area contributed by atoms with Crippen LogP contribution >= 0.6 is 0 Å². The van der Waals surface area contributed by atoms with Gasteiger partial charge in [-0.25, -0.2) is 0 Å². The second kappa shape index (κ2) is 9.35. The minimum absolute atomic E-state index is 0.0151. The van der Waals surface area contributed by atoms with Crippen LogP contribution in [0.25, 0.3) is 0 Å². The maximum Gasteiger partial charge on any atom is 0.257 e. The lowest BCUT2D eigenvalue weighted by Crippen LogP contribution is -2.35. The van der Waals surface area contributed by atoms with Crippen LogP contribution < -0.4 is 4.74 Å². The van der Waals surface area contributed by atoms with Gasteiger partial charge in [0, 0.05) is 45.2 Å². The molecule has 6 heteroatoms. The Bertz CT molecular complexity index is 606. The van der Waals surface area contributed by atoms with Gasteiger partial charge in [0.15, 0.2) is 0 Å². The third-order valence-electron chi connectivity index (χ3n) is 5.16. The molecule has 146 valence electrons. The molecule has 1 aromatic carbocycles. The molecule has 1 fully saturated rings. The van der Waals surface area contributed by atoms with Crippen LogP contribution in [0.2, 0.25) is 0 Å². The number of carbonyl (C=O) groups excluding carboxylic acids is 1. The summed E-state index contributed by atoms with van der Waals surface area (Å²) < 4.78 is 5.40. The molecule has 0 saturated carbocycles. The summed E-state index contributed by atoms with van der Waals surface area (Å²) in [4.78, 5) is 19.3. The number of rotatable bonds is 8. The van der Waals surface area contributed by atoms with Crippen molar-refractivity contribution < 1.29 is 14.6 Å². The Morgan fingerprint density at radius 3 is 2.54 bits per heavy atom. The van der Waals surface area contributed by atoms with Crippen molar-refractivity contribution in [1.29, 1.82) is 0 Å². The number of nitrogens with zero attached hydrogens (tertiary/aromatic N) is 3. The molecule has 26 heavy (non-hydrogen) atoms. The Labute approximate surface area is 157 Å². The topological polar surface area (TPSA) is 56.2 Å². The molecule has 2 unspecified atom stereocenters. The van der Waals surface area contributed by atoms with E-state index in [1.165, 1.54) is 0 Å². The lowest BCUT2D eigenvalue weighted by Gasteiger charge is -2.25. The molecule has 1 aliphatic rings. The number of likely N-dealkylation sites (N-methyl/N-ethyl adjacent to an activating group) is 2. The van der Waals surface area contributed by atoms with Crippen molar-refractivity contribution in [2.24, 2.45) is 11.8 Å². The van der Waals surface area contributed by atoms with E-state index in [4.69, 9.17) is 4.74 Å². The number of methoxy groups -OCH3 is 1. The van der Waals surface area contributed by atoms with Gasteiger partial charge >= 0.3 is 0 Å². The predicted molar refractivity (Wildman–Crippen MR) is 104 cm³/mol. The average Bonchev–Trinajstić information content (AvgIpc) is 3.02. The first-order valence-corrected chi connectivity index (χ1v) is 9.23. The molecule has 2 atom stereocenters. The van der Waals surface area contributed by atoms with Crippen molar-refractivity contribution >= 4 is 5.91 Å². The van der Waals surface area contributed by atoms with Gasteiger partial charge in [0.25, 0.3) is 5.91 Å². The van der Waals surface area contributed by atoms with Gasteiger partial charge in [0.1, 0.15) is 5.75 Å². The van der Waals surface area contributed by atoms with Gasteiger partial charge in [-0.2, -0.15) is 0 Å². The van der Waals surface area contributed by atoms with Crippen molar-refractivity contribution in [2.45, 2.75) is 6.92 Å². The smallest absolute Gasteiger partial charge is 0.257 e. The molecule has 2 rings (SSSR count). The molecule has 0 bridgehead atoms. The van der Waals surface area contributed by atoms with Crippen molar-refractivity contribution in [3.05, 3.63) is 29.3 Å². The van der Waals surface area contributed by atoms with Gasteiger partial charge in [0.2, 0.25) is 0 Å². The Morgan fingerprint density at radius 2 is 1.92 bits per heavy atom. The van der Waals surface area contributed by atoms with Gasteiger partial charge in [0.05, 0.1) is 12.7 Å². The van der Waals surface area contributed by atoms with Crippen molar-refractivity contribution in [2.75, 3.05) is 67.6 Å². The molecule has 0 radical (unpaired) electrons. The number of likely N-dealkylation sites (tertiary alicyclic amines) is 1. The summed E-state index contributed by atoms with van der Waals surface area (Å²) in [6.07, 6.45) is 0. The highest BCUT2D eigenvalue weighted by Gasteiger charge is 2.36. The van der Waals surface area contributed by atoms with E-state index in [9.17, 15) is 9.90 Å². The fraction of sp³-hybridized carbons (Fsp3) is 0.650. The third kappa shape index (κ3) is 5.19. The van der Waals surface area contributed by atoms with Crippen LogP contribution in [0.5, 0.6) is 5.75 Å². The Hall–Kier alpha value is -1.63. The van der Waals surface area contributed by atoms with E-state index in [1.54, 1.807) is 7.11 Å². The summed E-state index contributed by atoms with van der Waals surface area (Å²) in [6, 6.07) is 5.65. The van der Waals surface area contributed by atoms with Gasteiger partial charge in [-0.05, 0) is 51.7 Å². The number of carbonyl (C=O) groups is 1. The summed E-state index contributed by atoms with van der Waals surface area (Å²) in [6.45, 7) is 6.21. The lowest BCUT2D eigenvalue weighted by atomic mass is 9.96. The molecule has 1 N–H and O–H groups in total. The van der Waals surface area contributed by atoms with Crippen LogP contribution in [0.15, 0.2) is 18.2 Å². The van der Waals surface area contributed by atoms with Crippen molar-refractivity contribution in [3.8, 4) is 5.75 Å². The summed E-state index contributed by atoms with van der Waals surface area (Å²) in [5.41, 5.74) is 1.66. The number of aryl methyl sites for hydroxylation is 1. The van der Waals surface area contributed by atoms with E-state index in [0.717, 1.165) is 25.2 Å². The standard InChI is InChI=1S/C20H33N3O3/c1-15-6-7-18(19(10-15)26-5)20(25)23-12-16(17(13-23)14-24)11-22(4)9-8-21(2)3/h6-7,10,16-17,24H,8-9,11-14H2,1-5H3. The fourth-order valence-electron chi connectivity index (χ4n) is 3.53. The molecule has 0 aliphatic carbocycles. The monoisotopic (exact) mass is 363 g/mol. The zero-order valence-corrected chi connectivity index (χ0v) is 16.7. The Morgan fingerprint density at radius 1 is 1.23 bits per heavy atom. The first-order chi connectivity index (χ1) is 12.3. The highest BCUT2D eigenvalue weighted by molar-refractivity contribution is 5.97. The van der Waals surface area contributed by atoms with Crippen LogP contribution in [-0.4, -0.2) is 93.3 Å². The molecule has 1 aliphatic heterocycles. The third-order valence-corrected chi connectivity index (χ3v) is 5.16. The number of hydrogen-bond acceptors (Lipinski definition) is 5. The highest BCUT2D eigenvalue weighted by Crippen LogP contribution is 2.28. The fourth-order valence-corrected chi connectivity index (χ4v) is 3.53. The number of benzene rings is 1. The first-order valence-electron chi connectivity index (χ1n) is 9.23. The van der Waals surface area contributed by atoms with E-state index in [-0.39, 0.29) is 24.3 Å². The second-order valence-corrected chi connectivity index (χ2v) is 7.68. The van der Waals surface area contributed by atoms with Crippen LogP contribution in [-0.2, 0) is 0 Å². The summed E-state index contributed by atoms with van der Waals surface area (Å²) in [5, 5.41) is 9.79. The van der Waals surface area contributed by atoms with Gasteiger partial charge in [-0.15, -0.1) is 0 Å². The number of aliphatic hydroxyl groups excluding tert-OH is 1. The molecule has 1 amide bonds. The zero-order valence-electron chi connectivity index (χ0n) is 16.7. The maximum absolute atomic E-state index is 13.0. The molecule has 1 aromatic rings. The molecular formula is C20H33N3O3. The average molecular weight is 364 g/mol. The summed E-state index contributed by atoms with van der Waals surface area (Å²) in [5.74, 6) is 1.01. The maximum atomic E-state index is 13.0. The quantitative estimate of drug-likeness (QED) is 0.752. The molecule has 1 saturated heterocycles. The minimum atomic E-state index is -0.0151. The highest BCUT2D eigenvalue weighted by atomic mass is 16.5. The zero-order chi connectivity index (χ0) is 19.3. The van der Waals surface area contributed by atoms with Gasteiger partial charge in [-0.3, -0.25) is 4.79 Å². The largest absolute Gasteiger partial charge is 0.496 e. The van der Waals surface area contributed by atoms with E-state index < -0.39 is 0 Å². The van der Waals surface area contributed by atoms with Crippen LogP contribution in [0.4, 0.5) is 0 Å². The van der Waals surface area contributed by atoms with E-state index in [0.29, 0.717) is 24.4 Å². The van der Waals surface area contributed by atoms with Crippen LogP contribution in [0, 0.1) is 18.8 Å². The number of aliphatic hydroxyl groups is 1. The number of ether oxygens (including phenoxy) is 1. The molecule has 6 nitrogen and oxygen atoms in total. The lowest BCUT2D eigenvalue weighted by molar-refractivity contribution is 0.0776. The van der Waals surface area contributed by atoms with E-state index >= 15 is 0 Å². The SMILES string of the molecule is COc1cc(C)ccc1C(=O)N1CC(CO)C(CN(C)CCN(C)C)C1. The van der Waals surface area contributed by atoms with Crippen molar-refractivity contribution in [1.82, 2.24) is 14.7 Å². The Kier molecular flexibility index (Phi) is 7.43. The number of amides is 1. The molecule has 0 aromatic heterocycles. The van der Waals surface area contributed by atoms with Gasteiger partial charge in [-0.1, -0.05) is 6.07 Å². The summed E-state index contributed by atoms with van der Waals surface area (Å²) >= 11 is 0. The molecule has 0 spiro atoms.